The molecule has 0 saturated carbocycles. The summed E-state index contributed by atoms with van der Waals surface area (Å²) in [5.74, 6) is -0.220. The molecule has 2 aromatic carbocycles. The summed E-state index contributed by atoms with van der Waals surface area (Å²) in [5.41, 5.74) is 0.963. The number of carbonyl (C=O) groups excluding carboxylic acids is 3. The molecule has 7 nitrogen and oxygen atoms in total. The van der Waals surface area contributed by atoms with Gasteiger partial charge in [0.1, 0.15) is 5.82 Å². The van der Waals surface area contributed by atoms with Gasteiger partial charge in [-0.1, -0.05) is 24.3 Å². The Kier molecular flexibility index (Phi) is 7.30. The Morgan fingerprint density at radius 2 is 1.87 bits per heavy atom. The Morgan fingerprint density at radius 3 is 2.58 bits per heavy atom. The highest BCUT2D eigenvalue weighted by Gasteiger charge is 2.34. The average molecular weight is 444 g/mol. The molecule has 0 bridgehead atoms. The summed E-state index contributed by atoms with van der Waals surface area (Å²) in [5, 5.41) is 2.19. The molecule has 1 aliphatic heterocycles. The topological polar surface area (TPSA) is 84.9 Å². The average Bonchev–Trinajstić information content (AvgIpc) is 3.02. The Hall–Kier alpha value is -3.33. The van der Waals surface area contributed by atoms with Gasteiger partial charge in [0.25, 0.3) is 11.1 Å². The summed E-state index contributed by atoms with van der Waals surface area (Å²) in [4.78, 5) is 38.2. The second-order valence-electron chi connectivity index (χ2n) is 6.57. The minimum Gasteiger partial charge on any atom is -0.493 e. The highest BCUT2D eigenvalue weighted by molar-refractivity contribution is 8.18. The first-order valence-electron chi connectivity index (χ1n) is 9.40. The number of amides is 3. The summed E-state index contributed by atoms with van der Waals surface area (Å²) < 4.78 is 24.1. The van der Waals surface area contributed by atoms with Gasteiger partial charge in [0.05, 0.1) is 25.5 Å². The first-order chi connectivity index (χ1) is 14.9. The molecule has 3 rings (SSSR count). The highest BCUT2D eigenvalue weighted by Crippen LogP contribution is 2.34. The molecular formula is C22H21FN2O5S. The number of thioether (sulfide) groups is 1. The van der Waals surface area contributed by atoms with Crippen LogP contribution in [0.4, 0.5) is 9.18 Å². The fraction of sp³-hybridized carbons (Fsp3) is 0.227. The van der Waals surface area contributed by atoms with E-state index in [4.69, 9.17) is 9.47 Å². The molecule has 1 heterocycles. The van der Waals surface area contributed by atoms with Gasteiger partial charge in [-0.05, 0) is 47.2 Å². The Balaban J connectivity index is 1.58. The minimum absolute atomic E-state index is 0.0248. The maximum absolute atomic E-state index is 13.6. The van der Waals surface area contributed by atoms with E-state index in [2.05, 4.69) is 5.32 Å². The molecule has 1 fully saturated rings. The zero-order chi connectivity index (χ0) is 22.4. The summed E-state index contributed by atoms with van der Waals surface area (Å²) in [6.07, 6.45) is 1.48. The van der Waals surface area contributed by atoms with E-state index in [9.17, 15) is 18.8 Å². The number of nitrogens with zero attached hydrogens (tertiary/aromatic N) is 1. The van der Waals surface area contributed by atoms with E-state index in [1.165, 1.54) is 26.4 Å². The lowest BCUT2D eigenvalue weighted by Gasteiger charge is -2.13. The molecule has 0 aromatic heterocycles. The zero-order valence-corrected chi connectivity index (χ0v) is 17.8. The smallest absolute Gasteiger partial charge is 0.293 e. The van der Waals surface area contributed by atoms with Crippen LogP contribution in [-0.2, 0) is 16.0 Å². The van der Waals surface area contributed by atoms with E-state index in [-0.39, 0.29) is 30.0 Å². The van der Waals surface area contributed by atoms with Crippen molar-refractivity contribution in [2.24, 2.45) is 0 Å². The summed E-state index contributed by atoms with van der Waals surface area (Å²) in [6.45, 7) is 0.103. The van der Waals surface area contributed by atoms with Crippen molar-refractivity contribution in [2.45, 2.75) is 6.42 Å². The second-order valence-corrected chi connectivity index (χ2v) is 7.56. The third kappa shape index (κ3) is 5.43. The van der Waals surface area contributed by atoms with Crippen molar-refractivity contribution in [1.29, 1.82) is 0 Å². The standard InChI is InChI=1S/C22H21FN2O5S/c1-29-17-8-7-14(11-18(17)30-2)12-19-21(27)25(22(28)31-19)10-9-24-20(26)13-15-5-3-4-6-16(15)23/h3-8,11-12H,9-10,13H2,1-2H3,(H,24,26)/b19-12-. The predicted octanol–water partition coefficient (Wildman–Crippen LogP) is 3.24. The van der Waals surface area contributed by atoms with Gasteiger partial charge in [-0.15, -0.1) is 0 Å². The summed E-state index contributed by atoms with van der Waals surface area (Å²) in [6, 6.07) is 11.2. The molecule has 0 spiro atoms. The normalized spacial score (nSPS) is 14.8. The van der Waals surface area contributed by atoms with Crippen molar-refractivity contribution in [3.8, 4) is 11.5 Å². The van der Waals surface area contributed by atoms with Gasteiger partial charge < -0.3 is 14.8 Å². The molecule has 9 heteroatoms. The number of hydrogen-bond donors (Lipinski definition) is 1. The predicted molar refractivity (Wildman–Crippen MR) is 115 cm³/mol. The molecule has 0 atom stereocenters. The molecule has 162 valence electrons. The maximum Gasteiger partial charge on any atom is 0.293 e. The number of methoxy groups -OCH3 is 2. The van der Waals surface area contributed by atoms with Crippen LogP contribution in [-0.4, -0.2) is 49.3 Å². The van der Waals surface area contributed by atoms with Crippen molar-refractivity contribution in [1.82, 2.24) is 10.2 Å². The van der Waals surface area contributed by atoms with Crippen molar-refractivity contribution >= 4 is 34.9 Å². The van der Waals surface area contributed by atoms with Gasteiger partial charge in [0, 0.05) is 13.1 Å². The van der Waals surface area contributed by atoms with E-state index in [0.29, 0.717) is 17.1 Å². The number of rotatable bonds is 8. The SMILES string of the molecule is COc1ccc(/C=C2\SC(=O)N(CCNC(=O)Cc3ccccc3F)C2=O)cc1OC. The lowest BCUT2D eigenvalue weighted by Crippen LogP contribution is -2.37. The lowest BCUT2D eigenvalue weighted by atomic mass is 10.1. The Labute approximate surface area is 183 Å². The van der Waals surface area contributed by atoms with Crippen molar-refractivity contribution in [3.05, 3.63) is 64.3 Å². The van der Waals surface area contributed by atoms with Crippen LogP contribution in [0.1, 0.15) is 11.1 Å². The van der Waals surface area contributed by atoms with E-state index >= 15 is 0 Å². The molecule has 0 unspecified atom stereocenters. The van der Waals surface area contributed by atoms with E-state index < -0.39 is 22.9 Å². The number of imide groups is 1. The van der Waals surface area contributed by atoms with Gasteiger partial charge in [-0.2, -0.15) is 0 Å². The number of hydrogen-bond acceptors (Lipinski definition) is 6. The van der Waals surface area contributed by atoms with Crippen LogP contribution in [0.15, 0.2) is 47.4 Å². The van der Waals surface area contributed by atoms with Crippen molar-refractivity contribution in [3.63, 3.8) is 0 Å². The molecule has 1 aliphatic rings. The molecule has 31 heavy (non-hydrogen) atoms. The van der Waals surface area contributed by atoms with Crippen molar-refractivity contribution < 1.29 is 28.2 Å². The zero-order valence-electron chi connectivity index (χ0n) is 17.0. The fourth-order valence-corrected chi connectivity index (χ4v) is 3.84. The van der Waals surface area contributed by atoms with Gasteiger partial charge in [-0.25, -0.2) is 4.39 Å². The third-order valence-corrected chi connectivity index (χ3v) is 5.45. The van der Waals surface area contributed by atoms with E-state index in [0.717, 1.165) is 16.7 Å². The molecule has 0 radical (unpaired) electrons. The van der Waals surface area contributed by atoms with Crippen LogP contribution in [0.2, 0.25) is 0 Å². The quantitative estimate of drug-likeness (QED) is 0.630. The molecule has 0 aliphatic carbocycles. The van der Waals surface area contributed by atoms with Crippen LogP contribution in [0, 0.1) is 5.82 Å². The van der Waals surface area contributed by atoms with Crippen LogP contribution in [0.3, 0.4) is 0 Å². The van der Waals surface area contributed by atoms with Crippen LogP contribution in [0.25, 0.3) is 6.08 Å². The van der Waals surface area contributed by atoms with Gasteiger partial charge in [0.2, 0.25) is 5.91 Å². The fourth-order valence-electron chi connectivity index (χ4n) is 2.97. The molecule has 2 aromatic rings. The van der Waals surface area contributed by atoms with Crippen LogP contribution >= 0.6 is 11.8 Å². The number of halogens is 1. The third-order valence-electron chi connectivity index (χ3n) is 4.55. The Bertz CT molecular complexity index is 1040. The first kappa shape index (κ1) is 22.4. The van der Waals surface area contributed by atoms with Gasteiger partial charge in [-0.3, -0.25) is 19.3 Å². The molecular weight excluding hydrogens is 423 g/mol. The van der Waals surface area contributed by atoms with Crippen molar-refractivity contribution in [2.75, 3.05) is 27.3 Å². The molecule has 1 saturated heterocycles. The van der Waals surface area contributed by atoms with Gasteiger partial charge in [0.15, 0.2) is 11.5 Å². The largest absolute Gasteiger partial charge is 0.493 e. The molecule has 3 amide bonds. The number of carbonyl (C=O) groups is 3. The second kappa shape index (κ2) is 10.1. The van der Waals surface area contributed by atoms with Crippen LogP contribution < -0.4 is 14.8 Å². The van der Waals surface area contributed by atoms with E-state index in [1.54, 1.807) is 36.4 Å². The summed E-state index contributed by atoms with van der Waals surface area (Å²) in [7, 11) is 3.04. The number of nitrogens with one attached hydrogen (secondary N) is 1. The van der Waals surface area contributed by atoms with E-state index in [1.807, 2.05) is 0 Å². The van der Waals surface area contributed by atoms with Crippen LogP contribution in [0.5, 0.6) is 11.5 Å². The number of benzene rings is 2. The Morgan fingerprint density at radius 1 is 1.13 bits per heavy atom. The maximum atomic E-state index is 13.6. The lowest BCUT2D eigenvalue weighted by molar-refractivity contribution is -0.124. The monoisotopic (exact) mass is 444 g/mol. The van der Waals surface area contributed by atoms with Gasteiger partial charge >= 0.3 is 0 Å². The number of ether oxygens (including phenoxy) is 2. The minimum atomic E-state index is -0.455. The first-order valence-corrected chi connectivity index (χ1v) is 10.2. The highest BCUT2D eigenvalue weighted by atomic mass is 32.2. The summed E-state index contributed by atoms with van der Waals surface area (Å²) >= 11 is 0.828. The molecule has 1 N–H and O–H groups in total.